The second kappa shape index (κ2) is 8.93. The van der Waals surface area contributed by atoms with Crippen LogP contribution < -0.4 is 0 Å². The zero-order chi connectivity index (χ0) is 25.8. The van der Waals surface area contributed by atoms with Gasteiger partial charge in [0.25, 0.3) is 5.91 Å². The number of likely N-dealkylation sites (tertiary alicyclic amines) is 1. The first kappa shape index (κ1) is 24.3. The van der Waals surface area contributed by atoms with Crippen molar-refractivity contribution in [2.45, 2.75) is 32.2 Å². The van der Waals surface area contributed by atoms with Crippen molar-refractivity contribution in [2.24, 2.45) is 4.99 Å². The first-order valence-electron chi connectivity index (χ1n) is 11.1. The fourth-order valence-corrected chi connectivity index (χ4v) is 4.55. The van der Waals surface area contributed by atoms with Crippen LogP contribution in [0.15, 0.2) is 35.5 Å². The molecule has 1 fully saturated rings. The SMILES string of the molecule is CCOC1CN(C(=O)c2nc3n(n2)-c2ccc(C(F)(F)F)c(Cl)c2C(c2ncccc2F)=N[C@H]3C)C1. The zero-order valence-corrected chi connectivity index (χ0v) is 19.8. The van der Waals surface area contributed by atoms with Crippen LogP contribution in [0.1, 0.15) is 53.2 Å². The van der Waals surface area contributed by atoms with E-state index in [1.807, 2.05) is 6.92 Å². The van der Waals surface area contributed by atoms with Crippen molar-refractivity contribution < 1.29 is 27.1 Å². The quantitative estimate of drug-likeness (QED) is 0.478. The van der Waals surface area contributed by atoms with E-state index in [9.17, 15) is 22.4 Å². The molecular weight excluding hydrogens is 504 g/mol. The fraction of sp³-hybridized carbons (Fsp3) is 0.348. The van der Waals surface area contributed by atoms with E-state index in [-0.39, 0.29) is 40.4 Å². The monoisotopic (exact) mass is 522 g/mol. The van der Waals surface area contributed by atoms with Crippen LogP contribution in [0.4, 0.5) is 17.6 Å². The number of aliphatic imine (C=N–C) groups is 1. The smallest absolute Gasteiger partial charge is 0.375 e. The largest absolute Gasteiger partial charge is 0.417 e. The summed E-state index contributed by atoms with van der Waals surface area (Å²) >= 11 is 6.29. The fourth-order valence-electron chi connectivity index (χ4n) is 4.19. The molecule has 0 spiro atoms. The zero-order valence-electron chi connectivity index (χ0n) is 19.1. The highest BCUT2D eigenvalue weighted by Gasteiger charge is 2.39. The first-order valence-corrected chi connectivity index (χ1v) is 11.4. The summed E-state index contributed by atoms with van der Waals surface area (Å²) in [6, 6.07) is 3.61. The summed E-state index contributed by atoms with van der Waals surface area (Å²) in [6.45, 7) is 4.75. The van der Waals surface area contributed by atoms with E-state index < -0.39 is 34.5 Å². The van der Waals surface area contributed by atoms with Gasteiger partial charge in [0.1, 0.15) is 11.7 Å². The summed E-state index contributed by atoms with van der Waals surface area (Å²) in [7, 11) is 0. The van der Waals surface area contributed by atoms with Crippen LogP contribution in [0.3, 0.4) is 0 Å². The minimum absolute atomic E-state index is 0.0681. The van der Waals surface area contributed by atoms with Gasteiger partial charge < -0.3 is 9.64 Å². The maximum Gasteiger partial charge on any atom is 0.417 e. The molecule has 8 nitrogen and oxygen atoms in total. The Morgan fingerprint density at radius 3 is 2.67 bits per heavy atom. The number of fused-ring (bicyclic) bond motifs is 3. The van der Waals surface area contributed by atoms with Crippen molar-refractivity contribution >= 4 is 23.2 Å². The Balaban J connectivity index is 1.66. The number of rotatable bonds is 4. The molecule has 3 aromatic rings. The Morgan fingerprint density at radius 1 is 1.25 bits per heavy atom. The van der Waals surface area contributed by atoms with Gasteiger partial charge in [0.05, 0.1) is 28.1 Å². The number of ether oxygens (including phenoxy) is 1. The molecule has 13 heteroatoms. The molecule has 2 aliphatic rings. The lowest BCUT2D eigenvalue weighted by molar-refractivity contribution is -0.137. The van der Waals surface area contributed by atoms with Gasteiger partial charge in [-0.05, 0) is 38.1 Å². The normalized spacial score (nSPS) is 17.7. The third kappa shape index (κ3) is 4.03. The third-order valence-electron chi connectivity index (χ3n) is 5.93. The molecule has 0 unspecified atom stereocenters. The summed E-state index contributed by atoms with van der Waals surface area (Å²) in [4.78, 5) is 27.3. The van der Waals surface area contributed by atoms with Crippen LogP contribution in [0.5, 0.6) is 0 Å². The van der Waals surface area contributed by atoms with Crippen LogP contribution in [0.25, 0.3) is 5.69 Å². The van der Waals surface area contributed by atoms with Gasteiger partial charge in [-0.1, -0.05) is 11.6 Å². The maximum atomic E-state index is 14.7. The van der Waals surface area contributed by atoms with Crippen LogP contribution >= 0.6 is 11.6 Å². The molecule has 36 heavy (non-hydrogen) atoms. The number of amides is 1. The molecule has 0 saturated carbocycles. The number of alkyl halides is 3. The minimum Gasteiger partial charge on any atom is -0.375 e. The minimum atomic E-state index is -4.78. The molecule has 0 aliphatic carbocycles. The highest BCUT2D eigenvalue weighted by molar-refractivity contribution is 6.37. The molecule has 1 amide bonds. The Labute approximate surface area is 207 Å². The van der Waals surface area contributed by atoms with E-state index in [2.05, 4.69) is 20.1 Å². The van der Waals surface area contributed by atoms with Crippen molar-refractivity contribution in [3.63, 3.8) is 0 Å². The maximum absolute atomic E-state index is 14.7. The van der Waals surface area contributed by atoms with Crippen LogP contribution in [0.2, 0.25) is 5.02 Å². The average molecular weight is 523 g/mol. The molecule has 1 atom stereocenters. The van der Waals surface area contributed by atoms with E-state index in [4.69, 9.17) is 16.3 Å². The number of halogens is 5. The molecule has 0 bridgehead atoms. The van der Waals surface area contributed by atoms with Gasteiger partial charge in [-0.3, -0.25) is 14.8 Å². The lowest BCUT2D eigenvalue weighted by Crippen LogP contribution is -2.55. The predicted molar refractivity (Wildman–Crippen MR) is 121 cm³/mol. The number of carbonyl (C=O) groups is 1. The topological polar surface area (TPSA) is 85.5 Å². The highest BCUT2D eigenvalue weighted by atomic mass is 35.5. The molecular formula is C23H19ClF4N6O2. The lowest BCUT2D eigenvalue weighted by atomic mass is 10.0. The molecule has 2 aliphatic heterocycles. The third-order valence-corrected chi connectivity index (χ3v) is 6.32. The Morgan fingerprint density at radius 2 is 2.00 bits per heavy atom. The lowest BCUT2D eigenvalue weighted by Gasteiger charge is -2.37. The predicted octanol–water partition coefficient (Wildman–Crippen LogP) is 4.25. The molecule has 5 rings (SSSR count). The van der Waals surface area contributed by atoms with Crippen LogP contribution in [0, 0.1) is 5.82 Å². The van der Waals surface area contributed by atoms with E-state index in [0.29, 0.717) is 19.7 Å². The second-order valence-electron chi connectivity index (χ2n) is 8.30. The van der Waals surface area contributed by atoms with Gasteiger partial charge in [0.2, 0.25) is 5.82 Å². The number of aromatic nitrogens is 4. The number of hydrogen-bond donors (Lipinski definition) is 0. The summed E-state index contributed by atoms with van der Waals surface area (Å²) < 4.78 is 62.6. The number of nitrogens with zero attached hydrogens (tertiary/aromatic N) is 6. The summed E-state index contributed by atoms with van der Waals surface area (Å²) in [5, 5.41) is 3.62. The van der Waals surface area contributed by atoms with Gasteiger partial charge in [0, 0.05) is 31.5 Å². The van der Waals surface area contributed by atoms with E-state index in [0.717, 1.165) is 18.2 Å². The Bertz CT molecular complexity index is 1380. The Hall–Kier alpha value is -3.38. The average Bonchev–Trinajstić information content (AvgIpc) is 3.20. The van der Waals surface area contributed by atoms with Crippen LogP contribution in [-0.2, 0) is 10.9 Å². The molecule has 188 valence electrons. The van der Waals surface area contributed by atoms with Gasteiger partial charge in [0.15, 0.2) is 11.6 Å². The molecule has 1 saturated heterocycles. The molecule has 0 radical (unpaired) electrons. The van der Waals surface area contributed by atoms with E-state index in [1.165, 1.54) is 21.8 Å². The second-order valence-corrected chi connectivity index (χ2v) is 8.68. The van der Waals surface area contributed by atoms with Crippen molar-refractivity contribution in [1.29, 1.82) is 0 Å². The summed E-state index contributed by atoms with van der Waals surface area (Å²) in [5.74, 6) is -1.19. The molecule has 4 heterocycles. The van der Waals surface area contributed by atoms with Gasteiger partial charge in [-0.2, -0.15) is 13.2 Å². The molecule has 1 aromatic carbocycles. The van der Waals surface area contributed by atoms with Gasteiger partial charge in [-0.25, -0.2) is 14.1 Å². The van der Waals surface area contributed by atoms with Gasteiger partial charge in [-0.15, -0.1) is 5.10 Å². The van der Waals surface area contributed by atoms with Crippen molar-refractivity contribution in [1.82, 2.24) is 24.6 Å². The van der Waals surface area contributed by atoms with Gasteiger partial charge >= 0.3 is 6.18 Å². The standard InChI is InChI=1S/C23H19ClF4N6O2/c1-3-36-12-9-33(10-12)22(35)20-31-21-11(2)30-19(18-14(25)5-4-8-29-18)16-15(34(21)32-20)7-6-13(17(16)24)23(26,27)28/h4-8,11-12H,3,9-10H2,1-2H3/t11-/m0/s1. The van der Waals surface area contributed by atoms with Crippen molar-refractivity contribution in [3.8, 4) is 5.69 Å². The highest BCUT2D eigenvalue weighted by Crippen LogP contribution is 2.41. The number of hydrogen-bond acceptors (Lipinski definition) is 6. The molecule has 2 aromatic heterocycles. The number of benzene rings is 1. The van der Waals surface area contributed by atoms with Crippen molar-refractivity contribution in [3.05, 3.63) is 69.8 Å². The number of pyridine rings is 1. The van der Waals surface area contributed by atoms with Crippen LogP contribution in [-0.4, -0.2) is 62.1 Å². The summed E-state index contributed by atoms with van der Waals surface area (Å²) in [5.41, 5.74) is -1.70. The summed E-state index contributed by atoms with van der Waals surface area (Å²) in [6.07, 6.45) is -3.55. The number of carbonyl (C=O) groups excluding carboxylic acids is 1. The Kier molecular flexibility index (Phi) is 6.03. The van der Waals surface area contributed by atoms with E-state index in [1.54, 1.807) is 6.92 Å². The van der Waals surface area contributed by atoms with E-state index >= 15 is 0 Å². The van der Waals surface area contributed by atoms with Crippen molar-refractivity contribution in [2.75, 3.05) is 19.7 Å². The first-order chi connectivity index (χ1) is 17.1. The molecule has 0 N–H and O–H groups in total.